The standard InChI is InChI=1S/C22H25ClN6O/c1-15-6-7-19(30-2)18(12-15)27-21-20(24)22(26-14-25-21)29-10-8-28(9-11-29)17-5-3-4-16(23)13-17/h3-7,12-14H,8-11,24H2,1-2H3,(H,25,26,27). The van der Waals surface area contributed by atoms with Crippen molar-refractivity contribution in [2.45, 2.75) is 6.92 Å². The highest BCUT2D eigenvalue weighted by Crippen LogP contribution is 2.33. The number of halogens is 1. The van der Waals surface area contributed by atoms with Gasteiger partial charge in [0.15, 0.2) is 11.6 Å². The molecular formula is C22H25ClN6O. The third-order valence-electron chi connectivity index (χ3n) is 5.22. The maximum absolute atomic E-state index is 6.46. The summed E-state index contributed by atoms with van der Waals surface area (Å²) in [5.41, 5.74) is 10.0. The first kappa shape index (κ1) is 20.1. The van der Waals surface area contributed by atoms with Crippen molar-refractivity contribution in [3.63, 3.8) is 0 Å². The molecule has 0 amide bonds. The Morgan fingerprint density at radius 2 is 1.80 bits per heavy atom. The molecule has 2 heterocycles. The van der Waals surface area contributed by atoms with Crippen LogP contribution in [-0.2, 0) is 0 Å². The quantitative estimate of drug-likeness (QED) is 0.638. The smallest absolute Gasteiger partial charge is 0.159 e. The van der Waals surface area contributed by atoms with Crippen LogP contribution in [0.25, 0.3) is 0 Å². The molecule has 1 aliphatic heterocycles. The van der Waals surface area contributed by atoms with Crippen LogP contribution in [0.1, 0.15) is 5.56 Å². The number of piperazine rings is 1. The van der Waals surface area contributed by atoms with Crippen molar-refractivity contribution in [3.8, 4) is 5.75 Å². The largest absolute Gasteiger partial charge is 0.495 e. The fourth-order valence-electron chi connectivity index (χ4n) is 3.63. The van der Waals surface area contributed by atoms with Crippen LogP contribution in [0.2, 0.25) is 5.02 Å². The molecular weight excluding hydrogens is 400 g/mol. The Balaban J connectivity index is 1.51. The predicted octanol–water partition coefficient (Wildman–Crippen LogP) is 4.10. The van der Waals surface area contributed by atoms with Crippen molar-refractivity contribution in [2.24, 2.45) is 0 Å². The first-order valence-corrected chi connectivity index (χ1v) is 10.2. The molecule has 1 fully saturated rings. The number of hydrogen-bond donors (Lipinski definition) is 2. The van der Waals surface area contributed by atoms with Crippen LogP contribution in [-0.4, -0.2) is 43.3 Å². The molecule has 0 atom stereocenters. The number of nitrogens with zero attached hydrogens (tertiary/aromatic N) is 4. The van der Waals surface area contributed by atoms with E-state index in [9.17, 15) is 0 Å². The van der Waals surface area contributed by atoms with Gasteiger partial charge in [-0.1, -0.05) is 23.7 Å². The van der Waals surface area contributed by atoms with Crippen molar-refractivity contribution < 1.29 is 4.74 Å². The third-order valence-corrected chi connectivity index (χ3v) is 5.46. The SMILES string of the molecule is COc1ccc(C)cc1Nc1ncnc(N2CCN(c3cccc(Cl)c3)CC2)c1N. The summed E-state index contributed by atoms with van der Waals surface area (Å²) in [6.45, 7) is 5.36. The first-order chi connectivity index (χ1) is 14.5. The molecule has 3 aromatic rings. The Labute approximate surface area is 181 Å². The summed E-state index contributed by atoms with van der Waals surface area (Å²) in [4.78, 5) is 13.3. The molecule has 8 heteroatoms. The van der Waals surface area contributed by atoms with Crippen LogP contribution in [0.3, 0.4) is 0 Å². The number of rotatable bonds is 5. The number of nitrogen functional groups attached to an aromatic ring is 1. The fourth-order valence-corrected chi connectivity index (χ4v) is 3.82. The maximum Gasteiger partial charge on any atom is 0.159 e. The minimum atomic E-state index is 0.525. The molecule has 0 radical (unpaired) electrons. The van der Waals surface area contributed by atoms with E-state index in [4.69, 9.17) is 22.1 Å². The van der Waals surface area contributed by atoms with Crippen LogP contribution >= 0.6 is 11.6 Å². The Bertz CT molecular complexity index is 1040. The average molecular weight is 425 g/mol. The second-order valence-corrected chi connectivity index (χ2v) is 7.68. The van der Waals surface area contributed by atoms with Gasteiger partial charge in [-0.3, -0.25) is 0 Å². The highest BCUT2D eigenvalue weighted by Gasteiger charge is 2.22. The van der Waals surface area contributed by atoms with Gasteiger partial charge in [-0.25, -0.2) is 9.97 Å². The molecule has 156 valence electrons. The summed E-state index contributed by atoms with van der Waals surface area (Å²) in [7, 11) is 1.64. The number of methoxy groups -OCH3 is 1. The van der Waals surface area contributed by atoms with E-state index in [0.717, 1.165) is 59.7 Å². The molecule has 0 saturated carbocycles. The summed E-state index contributed by atoms with van der Waals surface area (Å²) in [5, 5.41) is 4.05. The van der Waals surface area contributed by atoms with Gasteiger partial charge in [0.2, 0.25) is 0 Å². The Kier molecular flexibility index (Phi) is 5.81. The van der Waals surface area contributed by atoms with E-state index in [0.29, 0.717) is 11.5 Å². The molecule has 3 N–H and O–H groups in total. The van der Waals surface area contributed by atoms with E-state index in [1.807, 2.05) is 43.3 Å². The maximum atomic E-state index is 6.46. The predicted molar refractivity (Wildman–Crippen MR) is 123 cm³/mol. The van der Waals surface area contributed by atoms with Crippen molar-refractivity contribution in [1.82, 2.24) is 9.97 Å². The minimum Gasteiger partial charge on any atom is -0.495 e. The van der Waals surface area contributed by atoms with Gasteiger partial charge in [-0.2, -0.15) is 0 Å². The topological polar surface area (TPSA) is 79.5 Å². The highest BCUT2D eigenvalue weighted by molar-refractivity contribution is 6.30. The van der Waals surface area contributed by atoms with Crippen molar-refractivity contribution >= 4 is 40.3 Å². The Hall–Kier alpha value is -3.19. The lowest BCUT2D eigenvalue weighted by molar-refractivity contribution is 0.416. The molecule has 1 saturated heterocycles. The third kappa shape index (κ3) is 4.21. The summed E-state index contributed by atoms with van der Waals surface area (Å²) >= 11 is 6.14. The molecule has 30 heavy (non-hydrogen) atoms. The van der Waals surface area contributed by atoms with E-state index in [-0.39, 0.29) is 0 Å². The van der Waals surface area contributed by atoms with Gasteiger partial charge in [0.25, 0.3) is 0 Å². The van der Waals surface area contributed by atoms with Crippen LogP contribution in [0.5, 0.6) is 5.75 Å². The number of nitrogens with two attached hydrogens (primary N) is 1. The normalized spacial score (nSPS) is 14.0. The van der Waals surface area contributed by atoms with Crippen LogP contribution in [0, 0.1) is 6.92 Å². The van der Waals surface area contributed by atoms with Crippen molar-refractivity contribution in [1.29, 1.82) is 0 Å². The van der Waals surface area contributed by atoms with Gasteiger partial charge >= 0.3 is 0 Å². The van der Waals surface area contributed by atoms with Gasteiger partial charge in [-0.15, -0.1) is 0 Å². The molecule has 0 aliphatic carbocycles. The lowest BCUT2D eigenvalue weighted by Crippen LogP contribution is -2.47. The van der Waals surface area contributed by atoms with Crippen LogP contribution in [0.15, 0.2) is 48.8 Å². The van der Waals surface area contributed by atoms with Gasteiger partial charge in [0.1, 0.15) is 17.8 Å². The minimum absolute atomic E-state index is 0.525. The fraction of sp³-hybridized carbons (Fsp3) is 0.273. The summed E-state index contributed by atoms with van der Waals surface area (Å²) < 4.78 is 5.45. The average Bonchev–Trinajstić information content (AvgIpc) is 2.76. The molecule has 2 aromatic carbocycles. The summed E-state index contributed by atoms with van der Waals surface area (Å²) in [6, 6.07) is 13.9. The monoisotopic (exact) mass is 424 g/mol. The zero-order valence-corrected chi connectivity index (χ0v) is 17.9. The van der Waals surface area contributed by atoms with Crippen molar-refractivity contribution in [3.05, 3.63) is 59.4 Å². The van der Waals surface area contributed by atoms with E-state index >= 15 is 0 Å². The molecule has 1 aliphatic rings. The molecule has 0 unspecified atom stereocenters. The van der Waals surface area contributed by atoms with Gasteiger partial charge in [0, 0.05) is 36.9 Å². The van der Waals surface area contributed by atoms with Gasteiger partial charge in [-0.05, 0) is 42.8 Å². The number of nitrogens with one attached hydrogen (secondary N) is 1. The van der Waals surface area contributed by atoms with E-state index in [2.05, 4.69) is 31.2 Å². The second-order valence-electron chi connectivity index (χ2n) is 7.24. The lowest BCUT2D eigenvalue weighted by atomic mass is 10.2. The number of aryl methyl sites for hydroxylation is 1. The number of benzene rings is 2. The number of anilines is 5. The molecule has 4 rings (SSSR count). The summed E-state index contributed by atoms with van der Waals surface area (Å²) in [6.07, 6.45) is 1.54. The van der Waals surface area contributed by atoms with Crippen LogP contribution in [0.4, 0.5) is 28.7 Å². The molecule has 7 nitrogen and oxygen atoms in total. The Morgan fingerprint density at radius 3 is 2.53 bits per heavy atom. The zero-order valence-electron chi connectivity index (χ0n) is 17.1. The first-order valence-electron chi connectivity index (χ1n) is 9.83. The number of ether oxygens (including phenoxy) is 1. The molecule has 0 spiro atoms. The van der Waals surface area contributed by atoms with Crippen molar-refractivity contribution in [2.75, 3.05) is 54.1 Å². The van der Waals surface area contributed by atoms with Crippen LogP contribution < -0.4 is 25.6 Å². The molecule has 0 bridgehead atoms. The summed E-state index contributed by atoms with van der Waals surface area (Å²) in [5.74, 6) is 2.04. The zero-order chi connectivity index (χ0) is 21.1. The van der Waals surface area contributed by atoms with E-state index in [1.165, 1.54) is 0 Å². The number of hydrogen-bond acceptors (Lipinski definition) is 7. The second kappa shape index (κ2) is 8.67. The Morgan fingerprint density at radius 1 is 1.03 bits per heavy atom. The number of aromatic nitrogens is 2. The lowest BCUT2D eigenvalue weighted by Gasteiger charge is -2.37. The van der Waals surface area contributed by atoms with Gasteiger partial charge in [0.05, 0.1) is 12.8 Å². The highest BCUT2D eigenvalue weighted by atomic mass is 35.5. The molecule has 1 aromatic heterocycles. The van der Waals surface area contributed by atoms with E-state index < -0.39 is 0 Å². The van der Waals surface area contributed by atoms with Gasteiger partial charge < -0.3 is 25.6 Å². The van der Waals surface area contributed by atoms with E-state index in [1.54, 1.807) is 13.4 Å².